The van der Waals surface area contributed by atoms with Gasteiger partial charge in [-0.1, -0.05) is 17.7 Å². The van der Waals surface area contributed by atoms with Crippen LogP contribution in [0.5, 0.6) is 0 Å². The Bertz CT molecular complexity index is 947. The number of rotatable bonds is 4. The zero-order valence-corrected chi connectivity index (χ0v) is 15.6. The summed E-state index contributed by atoms with van der Waals surface area (Å²) < 4.78 is 35.0. The number of nitro groups is 1. The quantitative estimate of drug-likeness (QED) is 0.344. The van der Waals surface area contributed by atoms with Crippen molar-refractivity contribution in [1.29, 1.82) is 0 Å². The van der Waals surface area contributed by atoms with E-state index in [1.54, 1.807) is 12.1 Å². The highest BCUT2D eigenvalue weighted by molar-refractivity contribution is 7.90. The van der Waals surface area contributed by atoms with Crippen LogP contribution in [-0.4, -0.2) is 50.4 Å². The largest absolute Gasteiger partial charge is 0.378 e. The lowest BCUT2D eigenvalue weighted by molar-refractivity contribution is -0.384. The number of morpholine rings is 1. The number of hydrogen-bond donors (Lipinski definition) is 0. The van der Waals surface area contributed by atoms with E-state index in [2.05, 4.69) is 4.40 Å². The molecule has 2 aromatic rings. The Morgan fingerprint density at radius 2 is 1.67 bits per heavy atom. The van der Waals surface area contributed by atoms with Crippen molar-refractivity contribution < 1.29 is 18.1 Å². The highest BCUT2D eigenvalue weighted by Gasteiger charge is 2.22. The fourth-order valence-electron chi connectivity index (χ4n) is 2.68. The van der Waals surface area contributed by atoms with Crippen LogP contribution < -0.4 is 0 Å². The molecule has 0 unspecified atom stereocenters. The summed E-state index contributed by atoms with van der Waals surface area (Å²) in [4.78, 5) is 12.3. The Kier molecular flexibility index (Phi) is 5.52. The van der Waals surface area contributed by atoms with Crippen LogP contribution in [0.15, 0.2) is 57.8 Å². The van der Waals surface area contributed by atoms with Gasteiger partial charge in [0.25, 0.3) is 15.7 Å². The van der Waals surface area contributed by atoms with Crippen molar-refractivity contribution in [2.45, 2.75) is 11.8 Å². The van der Waals surface area contributed by atoms with E-state index < -0.39 is 14.9 Å². The Balaban J connectivity index is 2.04. The molecule has 1 heterocycles. The maximum absolute atomic E-state index is 12.8. The standard InChI is InChI=1S/C18H19N3O5S/c1-14-2-8-17(9-3-14)27(24,25)19-18(20-10-12-26-13-11-20)15-4-6-16(7-5-15)21(22)23/h2-9H,10-13H2,1H3/b19-18+. The lowest BCUT2D eigenvalue weighted by Gasteiger charge is -2.29. The first kappa shape index (κ1) is 19.0. The number of benzene rings is 2. The normalized spacial score (nSPS) is 15.6. The number of nitrogens with zero attached hydrogens (tertiary/aromatic N) is 3. The molecule has 0 aliphatic carbocycles. The summed E-state index contributed by atoms with van der Waals surface area (Å²) in [7, 11) is -3.93. The molecule has 0 amide bonds. The maximum Gasteiger partial charge on any atom is 0.284 e. The van der Waals surface area contributed by atoms with Gasteiger partial charge < -0.3 is 9.64 Å². The summed E-state index contributed by atoms with van der Waals surface area (Å²) in [5.41, 5.74) is 1.38. The van der Waals surface area contributed by atoms with Crippen LogP contribution in [0, 0.1) is 17.0 Å². The minimum atomic E-state index is -3.93. The fourth-order valence-corrected chi connectivity index (χ4v) is 3.71. The van der Waals surface area contributed by atoms with E-state index >= 15 is 0 Å². The molecule has 8 nitrogen and oxygen atoms in total. The molecule has 0 spiro atoms. The first-order valence-electron chi connectivity index (χ1n) is 8.36. The molecule has 3 rings (SSSR count). The number of sulfonamides is 1. The van der Waals surface area contributed by atoms with Crippen molar-refractivity contribution in [2.75, 3.05) is 26.3 Å². The van der Waals surface area contributed by atoms with Gasteiger partial charge in [0.1, 0.15) is 5.84 Å². The molecule has 1 fully saturated rings. The van der Waals surface area contributed by atoms with Gasteiger partial charge in [-0.2, -0.15) is 8.42 Å². The summed E-state index contributed by atoms with van der Waals surface area (Å²) >= 11 is 0. The topological polar surface area (TPSA) is 102 Å². The molecule has 2 aromatic carbocycles. The zero-order chi connectivity index (χ0) is 19.4. The van der Waals surface area contributed by atoms with Gasteiger partial charge >= 0.3 is 0 Å². The van der Waals surface area contributed by atoms with Crippen LogP contribution in [0.25, 0.3) is 0 Å². The van der Waals surface area contributed by atoms with E-state index in [1.165, 1.54) is 36.4 Å². The number of nitro benzene ring substituents is 1. The van der Waals surface area contributed by atoms with Crippen molar-refractivity contribution >= 4 is 21.5 Å². The highest BCUT2D eigenvalue weighted by Crippen LogP contribution is 2.19. The number of aryl methyl sites for hydroxylation is 1. The smallest absolute Gasteiger partial charge is 0.284 e. The van der Waals surface area contributed by atoms with Crippen LogP contribution in [0.1, 0.15) is 11.1 Å². The van der Waals surface area contributed by atoms with Crippen LogP contribution >= 0.6 is 0 Å². The molecule has 0 N–H and O–H groups in total. The third-order valence-electron chi connectivity index (χ3n) is 4.17. The monoisotopic (exact) mass is 389 g/mol. The van der Waals surface area contributed by atoms with Gasteiger partial charge in [0.2, 0.25) is 0 Å². The first-order chi connectivity index (χ1) is 12.9. The molecule has 142 valence electrons. The molecule has 1 aliphatic rings. The second-order valence-corrected chi connectivity index (χ2v) is 7.71. The van der Waals surface area contributed by atoms with Crippen LogP contribution in [-0.2, 0) is 14.8 Å². The number of non-ortho nitro benzene ring substituents is 1. The van der Waals surface area contributed by atoms with Crippen molar-refractivity contribution in [2.24, 2.45) is 4.40 Å². The molecular weight excluding hydrogens is 370 g/mol. The summed E-state index contributed by atoms with van der Waals surface area (Å²) in [6.45, 7) is 3.75. The molecule has 9 heteroatoms. The predicted molar refractivity (Wildman–Crippen MR) is 100 cm³/mol. The van der Waals surface area contributed by atoms with Crippen molar-refractivity contribution in [3.05, 3.63) is 69.8 Å². The average Bonchev–Trinajstić information content (AvgIpc) is 2.67. The minimum Gasteiger partial charge on any atom is -0.378 e. The third-order valence-corrected chi connectivity index (χ3v) is 5.45. The lowest BCUT2D eigenvalue weighted by atomic mass is 10.1. The molecule has 27 heavy (non-hydrogen) atoms. The number of ether oxygens (including phenoxy) is 1. The first-order valence-corrected chi connectivity index (χ1v) is 9.80. The second kappa shape index (κ2) is 7.85. The minimum absolute atomic E-state index is 0.0681. The highest BCUT2D eigenvalue weighted by atomic mass is 32.2. The lowest BCUT2D eigenvalue weighted by Crippen LogP contribution is -2.41. The van der Waals surface area contributed by atoms with E-state index in [4.69, 9.17) is 4.74 Å². The number of amidine groups is 1. The van der Waals surface area contributed by atoms with Gasteiger partial charge in [0.15, 0.2) is 0 Å². The van der Waals surface area contributed by atoms with Crippen LogP contribution in [0.3, 0.4) is 0 Å². The summed E-state index contributed by atoms with van der Waals surface area (Å²) in [6, 6.07) is 12.1. The van der Waals surface area contributed by atoms with E-state index in [9.17, 15) is 18.5 Å². The summed E-state index contributed by atoms with van der Waals surface area (Å²) in [5.74, 6) is 0.258. The van der Waals surface area contributed by atoms with E-state index in [0.29, 0.717) is 31.9 Å². The Morgan fingerprint density at radius 1 is 1.07 bits per heavy atom. The fraction of sp³-hybridized carbons (Fsp3) is 0.278. The molecule has 0 atom stereocenters. The molecule has 0 saturated carbocycles. The van der Waals surface area contributed by atoms with Crippen LogP contribution in [0.4, 0.5) is 5.69 Å². The maximum atomic E-state index is 12.8. The third kappa shape index (κ3) is 4.50. The predicted octanol–water partition coefficient (Wildman–Crippen LogP) is 2.37. The molecule has 1 saturated heterocycles. The van der Waals surface area contributed by atoms with Gasteiger partial charge in [-0.3, -0.25) is 10.1 Å². The van der Waals surface area contributed by atoms with Gasteiger partial charge in [-0.15, -0.1) is 4.40 Å². The van der Waals surface area contributed by atoms with Crippen molar-refractivity contribution in [3.63, 3.8) is 0 Å². The number of hydrogen-bond acceptors (Lipinski definition) is 5. The van der Waals surface area contributed by atoms with E-state index in [1.807, 2.05) is 11.8 Å². The second-order valence-electron chi connectivity index (χ2n) is 6.11. The van der Waals surface area contributed by atoms with E-state index in [0.717, 1.165) is 5.56 Å². The Morgan fingerprint density at radius 3 is 2.22 bits per heavy atom. The molecule has 1 aliphatic heterocycles. The van der Waals surface area contributed by atoms with Crippen molar-refractivity contribution in [1.82, 2.24) is 4.90 Å². The van der Waals surface area contributed by atoms with E-state index in [-0.39, 0.29) is 16.4 Å². The summed E-state index contributed by atoms with van der Waals surface area (Å²) in [6.07, 6.45) is 0. The zero-order valence-electron chi connectivity index (χ0n) is 14.7. The molecular formula is C18H19N3O5S. The van der Waals surface area contributed by atoms with Gasteiger partial charge in [0, 0.05) is 30.8 Å². The molecule has 0 bridgehead atoms. The Hall–Kier alpha value is -2.78. The van der Waals surface area contributed by atoms with Crippen molar-refractivity contribution in [3.8, 4) is 0 Å². The van der Waals surface area contributed by atoms with Gasteiger partial charge in [-0.25, -0.2) is 0 Å². The SMILES string of the molecule is Cc1ccc(S(=O)(=O)/N=C(\c2ccc([N+](=O)[O-])cc2)N2CCOCC2)cc1. The average molecular weight is 389 g/mol. The Labute approximate surface area is 157 Å². The molecule has 0 radical (unpaired) electrons. The van der Waals surface area contributed by atoms with Gasteiger partial charge in [-0.05, 0) is 31.2 Å². The van der Waals surface area contributed by atoms with Gasteiger partial charge in [0.05, 0.1) is 23.0 Å². The summed E-state index contributed by atoms with van der Waals surface area (Å²) in [5, 5.41) is 10.9. The van der Waals surface area contributed by atoms with Crippen LogP contribution in [0.2, 0.25) is 0 Å². The molecule has 0 aromatic heterocycles.